The van der Waals surface area contributed by atoms with E-state index in [2.05, 4.69) is 0 Å². The maximum absolute atomic E-state index is 8.74. The molecule has 0 rings (SSSR count). The minimum Gasteiger partial charge on any atom is -0.326 e. The predicted octanol–water partition coefficient (Wildman–Crippen LogP) is -0.642. The van der Waals surface area contributed by atoms with Gasteiger partial charge in [-0.3, -0.25) is 4.57 Å². The van der Waals surface area contributed by atoms with E-state index in [4.69, 9.17) is 14.4 Å². The third-order valence-electron chi connectivity index (χ3n) is 0. The van der Waals surface area contributed by atoms with Crippen molar-refractivity contribution in [3.05, 3.63) is 0 Å². The van der Waals surface area contributed by atoms with Crippen LogP contribution >= 0.6 is 8.25 Å². The van der Waals surface area contributed by atoms with Gasteiger partial charge in [-0.05, 0) is 0 Å². The Kier molecular flexibility index (Phi) is 8.73. The van der Waals surface area contributed by atoms with E-state index in [1.807, 2.05) is 0 Å². The standard InChI is InChI=1S/H3O3P.V/c1-4(2)3;/h4H,(H2,1,2,3);. The number of hydrogen-bond donors (Lipinski definition) is 2. The van der Waals surface area contributed by atoms with Crippen LogP contribution in [0.4, 0.5) is 0 Å². The van der Waals surface area contributed by atoms with Crippen LogP contribution in [0.3, 0.4) is 0 Å². The van der Waals surface area contributed by atoms with Gasteiger partial charge in [-0.1, -0.05) is 0 Å². The van der Waals surface area contributed by atoms with E-state index >= 15 is 0 Å². The Morgan fingerprint density at radius 3 is 1.40 bits per heavy atom. The molecule has 0 aliphatic rings. The average molecular weight is 133 g/mol. The van der Waals surface area contributed by atoms with Crippen LogP contribution in [0.15, 0.2) is 0 Å². The van der Waals surface area contributed by atoms with Crippen molar-refractivity contribution < 1.29 is 32.9 Å². The molecule has 0 saturated carbocycles. The van der Waals surface area contributed by atoms with E-state index in [0.717, 1.165) is 0 Å². The fourth-order valence-electron chi connectivity index (χ4n) is 0. The van der Waals surface area contributed by atoms with Gasteiger partial charge in [-0.15, -0.1) is 0 Å². The van der Waals surface area contributed by atoms with Crippen LogP contribution in [0.25, 0.3) is 0 Å². The monoisotopic (exact) mass is 133 g/mol. The van der Waals surface area contributed by atoms with Gasteiger partial charge in [0, 0.05) is 18.6 Å². The molecule has 0 spiro atoms. The zero-order valence-corrected chi connectivity index (χ0v) is 4.65. The first-order chi connectivity index (χ1) is 1.73. The van der Waals surface area contributed by atoms with Crippen molar-refractivity contribution in [1.82, 2.24) is 0 Å². The van der Waals surface area contributed by atoms with Gasteiger partial charge in [-0.2, -0.15) is 0 Å². The Morgan fingerprint density at radius 1 is 1.40 bits per heavy atom. The summed E-state index contributed by atoms with van der Waals surface area (Å²) in [5, 5.41) is 0. The molecule has 31 valence electrons. The molecule has 5 heteroatoms. The summed E-state index contributed by atoms with van der Waals surface area (Å²) in [6, 6.07) is 0. The van der Waals surface area contributed by atoms with Crippen LogP contribution in [0, 0.1) is 0 Å². The number of hydrogen-bond acceptors (Lipinski definition) is 1. The largest absolute Gasteiger partial charge is 0.326 e. The zero-order chi connectivity index (χ0) is 3.58. The van der Waals surface area contributed by atoms with Crippen molar-refractivity contribution in [3.63, 3.8) is 0 Å². The van der Waals surface area contributed by atoms with Gasteiger partial charge in [0.2, 0.25) is 0 Å². The first-order valence-electron chi connectivity index (χ1n) is 0.651. The topological polar surface area (TPSA) is 57.5 Å². The van der Waals surface area contributed by atoms with Crippen molar-refractivity contribution in [2.45, 2.75) is 0 Å². The van der Waals surface area contributed by atoms with Gasteiger partial charge in [0.1, 0.15) is 0 Å². The van der Waals surface area contributed by atoms with Crippen molar-refractivity contribution in [1.29, 1.82) is 0 Å². The van der Waals surface area contributed by atoms with E-state index in [9.17, 15) is 0 Å². The van der Waals surface area contributed by atoms with Gasteiger partial charge < -0.3 is 9.79 Å². The SMILES string of the molecule is O=[PH](O)O.[V]. The summed E-state index contributed by atoms with van der Waals surface area (Å²) in [5.74, 6) is 0. The predicted molar refractivity (Wildman–Crippen MR) is 13.4 cm³/mol. The molecule has 0 bridgehead atoms. The Balaban J connectivity index is 0. The Labute approximate surface area is 41.8 Å². The van der Waals surface area contributed by atoms with Crippen molar-refractivity contribution in [2.75, 3.05) is 0 Å². The maximum Gasteiger partial charge on any atom is 0.314 e. The maximum atomic E-state index is 8.74. The summed E-state index contributed by atoms with van der Waals surface area (Å²) in [5.41, 5.74) is 0. The molecule has 0 heterocycles. The van der Waals surface area contributed by atoms with Gasteiger partial charge in [0.15, 0.2) is 0 Å². The molecule has 0 amide bonds. The van der Waals surface area contributed by atoms with Gasteiger partial charge in [0.25, 0.3) is 0 Å². The third-order valence-corrected chi connectivity index (χ3v) is 0. The first-order valence-corrected chi connectivity index (χ1v) is 1.95. The second-order valence-corrected chi connectivity index (χ2v) is 0.848. The van der Waals surface area contributed by atoms with Crippen LogP contribution in [0.5, 0.6) is 0 Å². The summed E-state index contributed by atoms with van der Waals surface area (Å²) in [7, 11) is -3.13. The summed E-state index contributed by atoms with van der Waals surface area (Å²) >= 11 is 0. The Bertz CT molecular complexity index is 29.9. The van der Waals surface area contributed by atoms with Crippen LogP contribution in [-0.2, 0) is 23.1 Å². The van der Waals surface area contributed by atoms with Gasteiger partial charge in [-0.25, -0.2) is 0 Å². The molecule has 0 unspecified atom stereocenters. The van der Waals surface area contributed by atoms with Crippen LogP contribution in [-0.4, -0.2) is 9.79 Å². The molecule has 0 aromatic carbocycles. The van der Waals surface area contributed by atoms with Crippen molar-refractivity contribution in [2.24, 2.45) is 0 Å². The van der Waals surface area contributed by atoms with Crippen LogP contribution < -0.4 is 0 Å². The molecule has 0 aliphatic carbocycles. The van der Waals surface area contributed by atoms with Crippen LogP contribution in [0.1, 0.15) is 0 Å². The second kappa shape index (κ2) is 4.73. The van der Waals surface area contributed by atoms with Gasteiger partial charge in [0.05, 0.1) is 0 Å². The molecule has 0 aliphatic heterocycles. The number of rotatable bonds is 0. The van der Waals surface area contributed by atoms with E-state index in [0.29, 0.717) is 0 Å². The van der Waals surface area contributed by atoms with Crippen molar-refractivity contribution in [3.8, 4) is 0 Å². The molecule has 0 aromatic rings. The molecule has 3 nitrogen and oxygen atoms in total. The molecule has 2 N–H and O–H groups in total. The summed E-state index contributed by atoms with van der Waals surface area (Å²) in [4.78, 5) is 14.3. The second-order valence-electron chi connectivity index (χ2n) is 0.283. The van der Waals surface area contributed by atoms with Gasteiger partial charge >= 0.3 is 8.25 Å². The fraction of sp³-hybridized carbons (Fsp3) is 0. The van der Waals surface area contributed by atoms with Crippen LogP contribution in [0.2, 0.25) is 0 Å². The molecule has 1 radical (unpaired) electrons. The quantitative estimate of drug-likeness (QED) is 0.432. The van der Waals surface area contributed by atoms with Crippen molar-refractivity contribution >= 4 is 8.25 Å². The zero-order valence-electron chi connectivity index (χ0n) is 2.25. The fourth-order valence-corrected chi connectivity index (χ4v) is 0. The molecule has 0 saturated heterocycles. The van der Waals surface area contributed by atoms with E-state index in [-0.39, 0.29) is 18.6 Å². The Hall–Kier alpha value is 0.734. The summed E-state index contributed by atoms with van der Waals surface area (Å²) in [6.07, 6.45) is 0. The van der Waals surface area contributed by atoms with E-state index < -0.39 is 8.25 Å². The normalized spacial score (nSPS) is 7.00. The minimum atomic E-state index is -3.13. The average Bonchev–Trinajstić information content (AvgIpc) is 0.811. The third kappa shape index (κ3) is 65.6. The summed E-state index contributed by atoms with van der Waals surface area (Å²) in [6.45, 7) is 0. The molecule has 0 atom stereocenters. The molecular formula is H3O3PV. The smallest absolute Gasteiger partial charge is 0.314 e. The Morgan fingerprint density at radius 2 is 1.40 bits per heavy atom. The molecule has 0 fully saturated rings. The van der Waals surface area contributed by atoms with E-state index in [1.165, 1.54) is 0 Å². The first kappa shape index (κ1) is 9.22. The minimum absolute atomic E-state index is 0. The molecule has 5 heavy (non-hydrogen) atoms. The van der Waals surface area contributed by atoms with E-state index in [1.54, 1.807) is 0 Å². The summed E-state index contributed by atoms with van der Waals surface area (Å²) < 4.78 is 8.74. The molecule has 0 aromatic heterocycles. The molecular weight excluding hydrogens is 130 g/mol.